The number of carbonyl (C=O) groups excluding carboxylic acids is 2. The number of hydrogen-bond acceptors (Lipinski definition) is 3. The molecule has 120 valence electrons. The number of amides is 2. The lowest BCUT2D eigenvalue weighted by molar-refractivity contribution is -0.126. The van der Waals surface area contributed by atoms with Crippen LogP contribution < -0.4 is 10.6 Å². The van der Waals surface area contributed by atoms with Gasteiger partial charge in [0.15, 0.2) is 0 Å². The second-order valence-electron chi connectivity index (χ2n) is 5.52. The van der Waals surface area contributed by atoms with E-state index in [4.69, 9.17) is 4.74 Å². The molecule has 1 heterocycles. The topological polar surface area (TPSA) is 67.4 Å². The van der Waals surface area contributed by atoms with Gasteiger partial charge in [0, 0.05) is 32.5 Å². The van der Waals surface area contributed by atoms with Gasteiger partial charge in [0.05, 0.1) is 6.10 Å². The van der Waals surface area contributed by atoms with Gasteiger partial charge >= 0.3 is 0 Å². The molecule has 0 aromatic heterocycles. The summed E-state index contributed by atoms with van der Waals surface area (Å²) in [6, 6.07) is 10.00. The molecule has 0 spiro atoms. The Morgan fingerprint density at radius 2 is 1.82 bits per heavy atom. The summed E-state index contributed by atoms with van der Waals surface area (Å²) in [4.78, 5) is 23.3. The maximum absolute atomic E-state index is 11.7. The molecule has 0 unspecified atom stereocenters. The largest absolute Gasteiger partial charge is 0.376 e. The van der Waals surface area contributed by atoms with Gasteiger partial charge in [-0.15, -0.1) is 0 Å². The Morgan fingerprint density at radius 3 is 2.50 bits per heavy atom. The van der Waals surface area contributed by atoms with Crippen molar-refractivity contribution in [3.05, 3.63) is 35.9 Å². The Kier molecular flexibility index (Phi) is 6.90. The molecule has 0 aliphatic carbocycles. The summed E-state index contributed by atoms with van der Waals surface area (Å²) >= 11 is 0. The van der Waals surface area contributed by atoms with Crippen molar-refractivity contribution in [2.45, 2.75) is 38.2 Å². The van der Waals surface area contributed by atoms with Crippen LogP contribution in [0.3, 0.4) is 0 Å². The first kappa shape index (κ1) is 16.5. The maximum atomic E-state index is 11.7. The molecule has 5 nitrogen and oxygen atoms in total. The molecule has 1 aliphatic rings. The molecular weight excluding hydrogens is 280 g/mol. The van der Waals surface area contributed by atoms with E-state index in [1.54, 1.807) is 0 Å². The average molecular weight is 304 g/mol. The van der Waals surface area contributed by atoms with Crippen LogP contribution >= 0.6 is 0 Å². The van der Waals surface area contributed by atoms with Gasteiger partial charge in [0.25, 0.3) is 0 Å². The van der Waals surface area contributed by atoms with E-state index in [1.165, 1.54) is 5.56 Å². The first-order valence-corrected chi connectivity index (χ1v) is 7.93. The van der Waals surface area contributed by atoms with Crippen LogP contribution in [0.2, 0.25) is 0 Å². The Hall–Kier alpha value is -1.88. The maximum Gasteiger partial charge on any atom is 0.220 e. The third kappa shape index (κ3) is 6.26. The first-order chi connectivity index (χ1) is 10.7. The highest BCUT2D eigenvalue weighted by molar-refractivity contribution is 5.83. The molecule has 2 N–H and O–H groups in total. The Bertz CT molecular complexity index is 470. The van der Waals surface area contributed by atoms with E-state index in [2.05, 4.69) is 10.6 Å². The van der Waals surface area contributed by atoms with E-state index in [0.717, 1.165) is 25.9 Å². The van der Waals surface area contributed by atoms with Gasteiger partial charge in [0.2, 0.25) is 11.8 Å². The summed E-state index contributed by atoms with van der Waals surface area (Å²) in [6.07, 6.45) is 3.46. The van der Waals surface area contributed by atoms with Crippen molar-refractivity contribution in [3.63, 3.8) is 0 Å². The predicted octanol–water partition coefficient (Wildman–Crippen LogP) is 1.42. The van der Waals surface area contributed by atoms with E-state index in [0.29, 0.717) is 13.1 Å². The SMILES string of the molecule is O=C(CCC(=O)NC[C@H]1CCCO1)NCCc1ccccc1. The summed E-state index contributed by atoms with van der Waals surface area (Å²) in [6.45, 7) is 1.93. The van der Waals surface area contributed by atoms with Gasteiger partial charge in [-0.25, -0.2) is 0 Å². The van der Waals surface area contributed by atoms with Crippen molar-refractivity contribution >= 4 is 11.8 Å². The van der Waals surface area contributed by atoms with E-state index >= 15 is 0 Å². The van der Waals surface area contributed by atoms with Gasteiger partial charge < -0.3 is 15.4 Å². The lowest BCUT2D eigenvalue weighted by Gasteiger charge is -2.10. The standard InChI is InChI=1S/C17H24N2O3/c20-16(18-11-10-14-5-2-1-3-6-14)8-9-17(21)19-13-15-7-4-12-22-15/h1-3,5-6,15H,4,7-13H2,(H,18,20)(H,19,21)/t15-/m1/s1. The van der Waals surface area contributed by atoms with Crippen LogP contribution in [0.25, 0.3) is 0 Å². The molecule has 0 radical (unpaired) electrons. The molecule has 0 bridgehead atoms. The predicted molar refractivity (Wildman–Crippen MR) is 84.4 cm³/mol. The number of nitrogens with one attached hydrogen (secondary N) is 2. The van der Waals surface area contributed by atoms with E-state index in [1.807, 2.05) is 30.3 Å². The minimum absolute atomic E-state index is 0.0804. The molecular formula is C17H24N2O3. The van der Waals surface area contributed by atoms with Gasteiger partial charge in [-0.3, -0.25) is 9.59 Å². The number of benzene rings is 1. The van der Waals surface area contributed by atoms with Crippen molar-refractivity contribution in [2.24, 2.45) is 0 Å². The lowest BCUT2D eigenvalue weighted by atomic mass is 10.1. The van der Waals surface area contributed by atoms with Gasteiger partial charge in [-0.1, -0.05) is 30.3 Å². The lowest BCUT2D eigenvalue weighted by Crippen LogP contribution is -2.33. The first-order valence-electron chi connectivity index (χ1n) is 7.93. The van der Waals surface area contributed by atoms with Crippen LogP contribution in [-0.4, -0.2) is 37.6 Å². The van der Waals surface area contributed by atoms with Crippen molar-refractivity contribution in [3.8, 4) is 0 Å². The molecule has 1 aliphatic heterocycles. The minimum Gasteiger partial charge on any atom is -0.376 e. The van der Waals surface area contributed by atoms with E-state index in [-0.39, 0.29) is 30.8 Å². The van der Waals surface area contributed by atoms with Crippen molar-refractivity contribution in [1.29, 1.82) is 0 Å². The van der Waals surface area contributed by atoms with Crippen molar-refractivity contribution in [2.75, 3.05) is 19.7 Å². The smallest absolute Gasteiger partial charge is 0.220 e. The molecule has 0 saturated carbocycles. The van der Waals surface area contributed by atoms with Crippen LogP contribution in [0.5, 0.6) is 0 Å². The van der Waals surface area contributed by atoms with Crippen LogP contribution in [0.1, 0.15) is 31.2 Å². The van der Waals surface area contributed by atoms with Gasteiger partial charge in [-0.2, -0.15) is 0 Å². The summed E-state index contributed by atoms with van der Waals surface area (Å²) in [5.41, 5.74) is 1.19. The molecule has 2 rings (SSSR count). The fourth-order valence-electron chi connectivity index (χ4n) is 2.43. The molecule has 1 atom stereocenters. The summed E-state index contributed by atoms with van der Waals surface area (Å²) < 4.78 is 5.43. The Balaban J connectivity index is 1.52. The number of hydrogen-bond donors (Lipinski definition) is 2. The van der Waals surface area contributed by atoms with E-state index < -0.39 is 0 Å². The normalized spacial score (nSPS) is 17.2. The second-order valence-corrected chi connectivity index (χ2v) is 5.52. The zero-order valence-corrected chi connectivity index (χ0v) is 12.8. The number of ether oxygens (including phenoxy) is 1. The molecule has 5 heteroatoms. The molecule has 1 fully saturated rings. The highest BCUT2D eigenvalue weighted by Crippen LogP contribution is 2.10. The van der Waals surface area contributed by atoms with Crippen LogP contribution in [0.4, 0.5) is 0 Å². The minimum atomic E-state index is -0.0892. The molecule has 2 amide bonds. The van der Waals surface area contributed by atoms with Crippen LogP contribution in [-0.2, 0) is 20.7 Å². The zero-order chi connectivity index (χ0) is 15.6. The highest BCUT2D eigenvalue weighted by Gasteiger charge is 2.16. The monoisotopic (exact) mass is 304 g/mol. The van der Waals surface area contributed by atoms with Gasteiger partial charge in [-0.05, 0) is 24.8 Å². The molecule has 1 aromatic carbocycles. The third-order valence-corrected chi connectivity index (χ3v) is 3.71. The zero-order valence-electron chi connectivity index (χ0n) is 12.8. The quantitative estimate of drug-likeness (QED) is 0.763. The molecule has 1 aromatic rings. The fourth-order valence-corrected chi connectivity index (χ4v) is 2.43. The van der Waals surface area contributed by atoms with E-state index in [9.17, 15) is 9.59 Å². The summed E-state index contributed by atoms with van der Waals surface area (Å²) in [5, 5.41) is 5.66. The molecule has 1 saturated heterocycles. The third-order valence-electron chi connectivity index (χ3n) is 3.71. The average Bonchev–Trinajstić information content (AvgIpc) is 3.05. The van der Waals surface area contributed by atoms with Crippen molar-refractivity contribution < 1.29 is 14.3 Å². The summed E-state index contributed by atoms with van der Waals surface area (Å²) in [5.74, 6) is -0.170. The van der Waals surface area contributed by atoms with Crippen LogP contribution in [0, 0.1) is 0 Å². The second kappa shape index (κ2) is 9.20. The van der Waals surface area contributed by atoms with Crippen LogP contribution in [0.15, 0.2) is 30.3 Å². The molecule has 22 heavy (non-hydrogen) atoms. The van der Waals surface area contributed by atoms with Gasteiger partial charge in [0.1, 0.15) is 0 Å². The highest BCUT2D eigenvalue weighted by atomic mass is 16.5. The number of rotatable bonds is 8. The fraction of sp³-hybridized carbons (Fsp3) is 0.529. The Labute approximate surface area is 131 Å². The van der Waals surface area contributed by atoms with Crippen molar-refractivity contribution in [1.82, 2.24) is 10.6 Å². The number of carbonyl (C=O) groups is 2. The Morgan fingerprint density at radius 1 is 1.09 bits per heavy atom. The summed E-state index contributed by atoms with van der Waals surface area (Å²) in [7, 11) is 0.